The molecule has 0 spiro atoms. The molecule has 2 nitrogen and oxygen atoms in total. The van der Waals surface area contributed by atoms with Crippen molar-refractivity contribution in [2.45, 2.75) is 123 Å². The quantitative estimate of drug-likeness (QED) is 0.263. The van der Waals surface area contributed by atoms with Crippen molar-refractivity contribution in [3.63, 3.8) is 0 Å². The van der Waals surface area contributed by atoms with Crippen molar-refractivity contribution in [1.29, 1.82) is 0 Å². The van der Waals surface area contributed by atoms with E-state index in [1.165, 1.54) is 23.1 Å². The standard InChI is InChI=1S/C26H46O2Si/c1-19(2)22-17-16-21(4)14-11-13-20(3)15-12-18-26(8)24(27-26)23(22)28-29(9,10)25(5,6)7/h14-15,22-24H,1,11-13,16-18H2,2-10H3/b20-15+,21-14+/t22?,23-,24+,26+/m0/s1. The summed E-state index contributed by atoms with van der Waals surface area (Å²) in [6.07, 6.45) is 11.8. The number of rotatable bonds is 3. The second-order valence-electron chi connectivity index (χ2n) is 11.4. The maximum absolute atomic E-state index is 7.07. The first-order valence-electron chi connectivity index (χ1n) is 11.6. The van der Waals surface area contributed by atoms with Gasteiger partial charge in [-0.1, -0.05) is 56.2 Å². The third-order valence-corrected chi connectivity index (χ3v) is 12.0. The van der Waals surface area contributed by atoms with E-state index in [4.69, 9.17) is 9.16 Å². The summed E-state index contributed by atoms with van der Waals surface area (Å²) in [6.45, 7) is 25.1. The van der Waals surface area contributed by atoms with Crippen LogP contribution in [-0.2, 0) is 9.16 Å². The Bertz CT molecular complexity index is 652. The van der Waals surface area contributed by atoms with Gasteiger partial charge in [-0.25, -0.2) is 0 Å². The van der Waals surface area contributed by atoms with Crippen molar-refractivity contribution in [2.75, 3.05) is 0 Å². The Labute approximate surface area is 182 Å². The average Bonchev–Trinajstić information content (AvgIpc) is 3.23. The zero-order valence-electron chi connectivity index (χ0n) is 20.7. The molecular formula is C26H46O2Si. The number of hydrogen-bond acceptors (Lipinski definition) is 2. The molecule has 1 unspecified atom stereocenters. The molecule has 0 saturated carbocycles. The van der Waals surface area contributed by atoms with Crippen LogP contribution in [0.2, 0.25) is 18.1 Å². The van der Waals surface area contributed by atoms with Crippen molar-refractivity contribution < 1.29 is 9.16 Å². The van der Waals surface area contributed by atoms with E-state index in [1.807, 2.05) is 0 Å². The Morgan fingerprint density at radius 2 is 1.72 bits per heavy atom. The fourth-order valence-corrected chi connectivity index (χ4v) is 5.50. The van der Waals surface area contributed by atoms with E-state index in [9.17, 15) is 0 Å². The lowest BCUT2D eigenvalue weighted by atomic mass is 9.84. The lowest BCUT2D eigenvalue weighted by Crippen LogP contribution is -2.48. The first-order chi connectivity index (χ1) is 13.3. The van der Waals surface area contributed by atoms with Crippen LogP contribution < -0.4 is 0 Å². The number of allylic oxidation sites excluding steroid dienone is 4. The summed E-state index contributed by atoms with van der Waals surface area (Å²) >= 11 is 0. The van der Waals surface area contributed by atoms with Gasteiger partial charge in [-0.15, -0.1) is 0 Å². The van der Waals surface area contributed by atoms with Crippen molar-refractivity contribution in [1.82, 2.24) is 0 Å². The van der Waals surface area contributed by atoms with E-state index in [2.05, 4.69) is 80.3 Å². The normalized spacial score (nSPS) is 36.1. The van der Waals surface area contributed by atoms with Gasteiger partial charge in [0, 0.05) is 5.92 Å². The molecule has 1 aliphatic heterocycles. The summed E-state index contributed by atoms with van der Waals surface area (Å²) in [7, 11) is -1.91. The molecule has 0 N–H and O–H groups in total. The number of ether oxygens (including phenoxy) is 1. The van der Waals surface area contributed by atoms with Crippen LogP contribution in [0, 0.1) is 5.92 Å². The molecule has 0 aromatic heterocycles. The second kappa shape index (κ2) is 9.24. The maximum atomic E-state index is 7.07. The molecular weight excluding hydrogens is 372 g/mol. The third kappa shape index (κ3) is 6.42. The van der Waals surface area contributed by atoms with Crippen LogP contribution in [0.4, 0.5) is 0 Å². The fourth-order valence-electron chi connectivity index (χ4n) is 4.17. The predicted octanol–water partition coefficient (Wildman–Crippen LogP) is 7.97. The molecule has 0 bridgehead atoms. The van der Waals surface area contributed by atoms with Crippen LogP contribution in [0.1, 0.15) is 87.0 Å². The van der Waals surface area contributed by atoms with E-state index in [0.29, 0.717) is 5.92 Å². The summed E-state index contributed by atoms with van der Waals surface area (Å²) in [5, 5.41) is 0.187. The van der Waals surface area contributed by atoms with Gasteiger partial charge in [0.05, 0.1) is 11.7 Å². The molecule has 1 heterocycles. The summed E-state index contributed by atoms with van der Waals surface area (Å²) < 4.78 is 13.5. The van der Waals surface area contributed by atoms with Crippen LogP contribution in [0.5, 0.6) is 0 Å². The van der Waals surface area contributed by atoms with Gasteiger partial charge in [0.15, 0.2) is 8.32 Å². The molecule has 0 amide bonds. The summed E-state index contributed by atoms with van der Waals surface area (Å²) in [4.78, 5) is 0. The summed E-state index contributed by atoms with van der Waals surface area (Å²) in [5.74, 6) is 0.347. The van der Waals surface area contributed by atoms with Crippen LogP contribution in [0.3, 0.4) is 0 Å². The smallest absolute Gasteiger partial charge is 0.192 e. The van der Waals surface area contributed by atoms with E-state index in [0.717, 1.165) is 32.1 Å². The molecule has 1 fully saturated rings. The highest BCUT2D eigenvalue weighted by molar-refractivity contribution is 6.74. The summed E-state index contributed by atoms with van der Waals surface area (Å²) in [6, 6.07) is 0. The first-order valence-corrected chi connectivity index (χ1v) is 14.5. The van der Waals surface area contributed by atoms with Gasteiger partial charge in [0.1, 0.15) is 6.10 Å². The van der Waals surface area contributed by atoms with Gasteiger partial charge in [-0.05, 0) is 84.4 Å². The molecule has 1 saturated heterocycles. The lowest BCUT2D eigenvalue weighted by molar-refractivity contribution is 0.0969. The van der Waals surface area contributed by atoms with Crippen molar-refractivity contribution in [3.8, 4) is 0 Å². The first kappa shape index (κ1) is 24.6. The molecule has 166 valence electrons. The van der Waals surface area contributed by atoms with E-state index < -0.39 is 8.32 Å². The van der Waals surface area contributed by atoms with Gasteiger partial charge in [-0.3, -0.25) is 0 Å². The number of hydrogen-bond donors (Lipinski definition) is 0. The van der Waals surface area contributed by atoms with Crippen LogP contribution in [0.15, 0.2) is 35.5 Å². The molecule has 2 rings (SSSR count). The second-order valence-corrected chi connectivity index (χ2v) is 16.1. The zero-order valence-corrected chi connectivity index (χ0v) is 21.7. The minimum Gasteiger partial charge on any atom is -0.411 e. The van der Waals surface area contributed by atoms with Gasteiger partial charge in [0.2, 0.25) is 0 Å². The van der Waals surface area contributed by atoms with E-state index >= 15 is 0 Å². The molecule has 0 aromatic rings. The number of fused-ring (bicyclic) bond motifs is 1. The Morgan fingerprint density at radius 1 is 1.14 bits per heavy atom. The van der Waals surface area contributed by atoms with Crippen molar-refractivity contribution >= 4 is 8.32 Å². The molecule has 0 radical (unpaired) electrons. The highest BCUT2D eigenvalue weighted by atomic mass is 28.4. The van der Waals surface area contributed by atoms with Crippen LogP contribution >= 0.6 is 0 Å². The van der Waals surface area contributed by atoms with Crippen molar-refractivity contribution in [3.05, 3.63) is 35.5 Å². The molecule has 29 heavy (non-hydrogen) atoms. The largest absolute Gasteiger partial charge is 0.411 e. The van der Waals surface area contributed by atoms with Gasteiger partial charge in [-0.2, -0.15) is 0 Å². The molecule has 2 aliphatic rings. The Kier molecular flexibility index (Phi) is 7.84. The average molecular weight is 419 g/mol. The monoisotopic (exact) mass is 418 g/mol. The predicted molar refractivity (Wildman–Crippen MR) is 129 cm³/mol. The van der Waals surface area contributed by atoms with E-state index in [-0.39, 0.29) is 22.8 Å². The van der Waals surface area contributed by atoms with Gasteiger partial charge >= 0.3 is 0 Å². The highest BCUT2D eigenvalue weighted by Crippen LogP contribution is 2.49. The Balaban J connectivity index is 2.34. The molecule has 1 aliphatic carbocycles. The number of epoxide rings is 1. The van der Waals surface area contributed by atoms with Crippen LogP contribution in [-0.4, -0.2) is 26.1 Å². The minimum atomic E-state index is -1.91. The van der Waals surface area contributed by atoms with E-state index in [1.54, 1.807) is 0 Å². The lowest BCUT2D eigenvalue weighted by Gasteiger charge is -2.41. The summed E-state index contributed by atoms with van der Waals surface area (Å²) in [5.41, 5.74) is 4.17. The molecule has 3 heteroatoms. The molecule has 0 aromatic carbocycles. The Morgan fingerprint density at radius 3 is 2.31 bits per heavy atom. The third-order valence-electron chi connectivity index (χ3n) is 7.52. The fraction of sp³-hybridized carbons (Fsp3) is 0.769. The van der Waals surface area contributed by atoms with Crippen LogP contribution in [0.25, 0.3) is 0 Å². The minimum absolute atomic E-state index is 0.0630. The maximum Gasteiger partial charge on any atom is 0.192 e. The highest BCUT2D eigenvalue weighted by Gasteiger charge is 2.59. The van der Waals surface area contributed by atoms with Crippen molar-refractivity contribution in [2.24, 2.45) is 5.92 Å². The Hall–Kier alpha value is -0.643. The van der Waals surface area contributed by atoms with Gasteiger partial charge < -0.3 is 9.16 Å². The molecule has 4 atom stereocenters. The van der Waals surface area contributed by atoms with Gasteiger partial charge in [0.25, 0.3) is 0 Å². The topological polar surface area (TPSA) is 21.8 Å². The SMILES string of the molecule is C=C(C)C1CC/C(C)=C/CC/C(C)=C/CC[C@@]2(C)O[C@@H]2[C@H]1O[Si](C)(C)C(C)(C)C. The zero-order chi connectivity index (χ0) is 22.0.